The van der Waals surface area contributed by atoms with E-state index in [-0.39, 0.29) is 11.8 Å². The number of ether oxygens (including phenoxy) is 2. The Bertz CT molecular complexity index is 664. The van der Waals surface area contributed by atoms with Gasteiger partial charge in [-0.3, -0.25) is 4.79 Å². The van der Waals surface area contributed by atoms with Crippen molar-refractivity contribution in [3.63, 3.8) is 0 Å². The average molecular weight is 391 g/mol. The number of benzene rings is 1. The number of carbonyl (C=O) groups excluding carboxylic acids is 2. The van der Waals surface area contributed by atoms with Crippen LogP contribution in [-0.2, 0) is 16.0 Å². The lowest BCUT2D eigenvalue weighted by Crippen LogP contribution is -2.39. The molecule has 0 aliphatic heterocycles. The van der Waals surface area contributed by atoms with Crippen LogP contribution >= 0.6 is 0 Å². The van der Waals surface area contributed by atoms with Gasteiger partial charge in [0.1, 0.15) is 6.29 Å². The molecular formula is C22H34N2O4. The molecule has 1 aromatic carbocycles. The van der Waals surface area contributed by atoms with Crippen molar-refractivity contribution >= 4 is 12.2 Å². The van der Waals surface area contributed by atoms with Crippen molar-refractivity contribution in [1.82, 2.24) is 10.2 Å². The highest BCUT2D eigenvalue weighted by Gasteiger charge is 2.42. The molecule has 28 heavy (non-hydrogen) atoms. The van der Waals surface area contributed by atoms with Crippen molar-refractivity contribution in [3.8, 4) is 11.5 Å². The molecule has 2 rings (SSSR count). The quantitative estimate of drug-likeness (QED) is 0.622. The van der Waals surface area contributed by atoms with Crippen molar-refractivity contribution in [2.75, 3.05) is 34.4 Å². The normalized spacial score (nSPS) is 24.2. The van der Waals surface area contributed by atoms with E-state index in [1.807, 2.05) is 12.1 Å². The van der Waals surface area contributed by atoms with E-state index in [4.69, 9.17) is 9.47 Å². The summed E-state index contributed by atoms with van der Waals surface area (Å²) in [6.45, 7) is 5.32. The Kier molecular flexibility index (Phi) is 8.30. The van der Waals surface area contributed by atoms with Crippen LogP contribution < -0.4 is 14.8 Å². The zero-order valence-electron chi connectivity index (χ0n) is 17.7. The first-order chi connectivity index (χ1) is 13.4. The van der Waals surface area contributed by atoms with Crippen LogP contribution in [0.25, 0.3) is 0 Å². The van der Waals surface area contributed by atoms with E-state index in [0.29, 0.717) is 30.8 Å². The van der Waals surface area contributed by atoms with Gasteiger partial charge in [0.25, 0.3) is 0 Å². The second-order valence-corrected chi connectivity index (χ2v) is 7.87. The molecule has 4 atom stereocenters. The highest BCUT2D eigenvalue weighted by Crippen LogP contribution is 2.40. The Balaban J connectivity index is 2.02. The van der Waals surface area contributed by atoms with Gasteiger partial charge >= 0.3 is 0 Å². The molecule has 1 aliphatic carbocycles. The SMILES string of the molecule is COc1ccc(CCN(C)C2CC(C)[C@@H](CNC(C)=O)C2CC=O)cc1OC. The van der Waals surface area contributed by atoms with Crippen LogP contribution in [0.2, 0.25) is 0 Å². The van der Waals surface area contributed by atoms with Crippen LogP contribution in [0.15, 0.2) is 18.2 Å². The van der Waals surface area contributed by atoms with E-state index < -0.39 is 0 Å². The van der Waals surface area contributed by atoms with Gasteiger partial charge in [-0.2, -0.15) is 0 Å². The highest BCUT2D eigenvalue weighted by atomic mass is 16.5. The van der Waals surface area contributed by atoms with Gasteiger partial charge < -0.3 is 24.5 Å². The molecule has 0 saturated heterocycles. The van der Waals surface area contributed by atoms with E-state index >= 15 is 0 Å². The van der Waals surface area contributed by atoms with Crippen molar-refractivity contribution < 1.29 is 19.1 Å². The molecule has 1 fully saturated rings. The maximum atomic E-state index is 11.3. The van der Waals surface area contributed by atoms with Crippen LogP contribution in [-0.4, -0.2) is 57.5 Å². The lowest BCUT2D eigenvalue weighted by Gasteiger charge is -2.31. The largest absolute Gasteiger partial charge is 0.493 e. The summed E-state index contributed by atoms with van der Waals surface area (Å²) in [5.41, 5.74) is 1.19. The lowest BCUT2D eigenvalue weighted by atomic mass is 9.87. The molecule has 6 nitrogen and oxygen atoms in total. The van der Waals surface area contributed by atoms with Crippen LogP contribution in [0.3, 0.4) is 0 Å². The van der Waals surface area contributed by atoms with Crippen molar-refractivity contribution in [2.24, 2.45) is 17.8 Å². The monoisotopic (exact) mass is 390 g/mol. The molecule has 1 N–H and O–H groups in total. The van der Waals surface area contributed by atoms with Gasteiger partial charge in [0.15, 0.2) is 11.5 Å². The molecule has 156 valence electrons. The minimum absolute atomic E-state index is 0.0117. The number of hydrogen-bond donors (Lipinski definition) is 1. The number of likely N-dealkylation sites (N-methyl/N-ethyl adjacent to an activating group) is 1. The maximum absolute atomic E-state index is 11.3. The standard InChI is InChI=1S/C22H34N2O4/c1-15-12-20(18(9-11-25)19(15)14-23-16(2)26)24(3)10-8-17-6-7-21(27-4)22(13-17)28-5/h6-7,11,13,15,18-20H,8-10,12,14H2,1-5H3,(H,23,26)/t15?,18?,19-,20?/m1/s1. The third-order valence-corrected chi connectivity index (χ3v) is 6.11. The molecule has 0 aromatic heterocycles. The van der Waals surface area contributed by atoms with Crippen LogP contribution in [0, 0.1) is 17.8 Å². The zero-order valence-corrected chi connectivity index (χ0v) is 17.7. The predicted molar refractivity (Wildman–Crippen MR) is 110 cm³/mol. The first kappa shape index (κ1) is 22.2. The van der Waals surface area contributed by atoms with Crippen LogP contribution in [0.1, 0.15) is 32.3 Å². The van der Waals surface area contributed by atoms with E-state index in [2.05, 4.69) is 30.3 Å². The zero-order chi connectivity index (χ0) is 20.7. The number of amides is 1. The number of hydrogen-bond acceptors (Lipinski definition) is 5. The first-order valence-corrected chi connectivity index (χ1v) is 10.00. The summed E-state index contributed by atoms with van der Waals surface area (Å²) in [6, 6.07) is 6.37. The van der Waals surface area contributed by atoms with Crippen LogP contribution in [0.5, 0.6) is 11.5 Å². The summed E-state index contributed by atoms with van der Waals surface area (Å²) in [7, 11) is 5.42. The lowest BCUT2D eigenvalue weighted by molar-refractivity contribution is -0.119. The number of rotatable bonds is 10. The van der Waals surface area contributed by atoms with E-state index in [0.717, 1.165) is 37.2 Å². The van der Waals surface area contributed by atoms with Crippen molar-refractivity contribution in [3.05, 3.63) is 23.8 Å². The smallest absolute Gasteiger partial charge is 0.216 e. The molecule has 0 radical (unpaired) electrons. The minimum Gasteiger partial charge on any atom is -0.493 e. The van der Waals surface area contributed by atoms with Crippen molar-refractivity contribution in [2.45, 2.75) is 39.2 Å². The van der Waals surface area contributed by atoms with Crippen LogP contribution in [0.4, 0.5) is 0 Å². The Labute approximate surface area is 168 Å². The highest BCUT2D eigenvalue weighted by molar-refractivity contribution is 5.72. The number of aldehydes is 1. The number of nitrogens with zero attached hydrogens (tertiary/aromatic N) is 1. The first-order valence-electron chi connectivity index (χ1n) is 10.00. The average Bonchev–Trinajstić information content (AvgIpc) is 2.99. The fourth-order valence-corrected chi connectivity index (χ4v) is 4.51. The molecular weight excluding hydrogens is 356 g/mol. The van der Waals surface area contributed by atoms with E-state index in [9.17, 15) is 9.59 Å². The summed E-state index contributed by atoms with van der Waals surface area (Å²) in [5.74, 6) is 2.55. The Morgan fingerprint density at radius 3 is 2.57 bits per heavy atom. The third kappa shape index (κ3) is 5.47. The molecule has 1 aliphatic rings. The summed E-state index contributed by atoms with van der Waals surface area (Å²) in [5, 5.41) is 2.95. The minimum atomic E-state index is -0.0117. The Morgan fingerprint density at radius 2 is 1.96 bits per heavy atom. The van der Waals surface area contributed by atoms with Gasteiger partial charge in [-0.05, 0) is 55.3 Å². The molecule has 0 bridgehead atoms. The fraction of sp³-hybridized carbons (Fsp3) is 0.636. The Morgan fingerprint density at radius 1 is 1.25 bits per heavy atom. The van der Waals surface area contributed by atoms with E-state index in [1.165, 1.54) is 5.56 Å². The van der Waals surface area contributed by atoms with Gasteiger partial charge in [-0.1, -0.05) is 13.0 Å². The fourth-order valence-electron chi connectivity index (χ4n) is 4.51. The number of carbonyl (C=O) groups is 2. The molecule has 0 heterocycles. The van der Waals surface area contributed by atoms with Gasteiger partial charge in [0.2, 0.25) is 5.91 Å². The van der Waals surface area contributed by atoms with Gasteiger partial charge in [-0.25, -0.2) is 0 Å². The number of methoxy groups -OCH3 is 2. The Hall–Kier alpha value is -2.08. The molecule has 0 spiro atoms. The second kappa shape index (κ2) is 10.5. The molecule has 6 heteroatoms. The molecule has 3 unspecified atom stereocenters. The predicted octanol–water partition coefficient (Wildman–Crippen LogP) is 2.54. The molecule has 1 saturated carbocycles. The van der Waals surface area contributed by atoms with Gasteiger partial charge in [0, 0.05) is 32.5 Å². The molecule has 1 aromatic rings. The summed E-state index contributed by atoms with van der Waals surface area (Å²) < 4.78 is 10.7. The number of nitrogens with one attached hydrogen (secondary N) is 1. The van der Waals surface area contributed by atoms with Gasteiger partial charge in [-0.15, -0.1) is 0 Å². The third-order valence-electron chi connectivity index (χ3n) is 6.11. The summed E-state index contributed by atoms with van der Waals surface area (Å²) in [4.78, 5) is 25.0. The summed E-state index contributed by atoms with van der Waals surface area (Å²) >= 11 is 0. The van der Waals surface area contributed by atoms with Crippen molar-refractivity contribution in [1.29, 1.82) is 0 Å². The summed E-state index contributed by atoms with van der Waals surface area (Å²) in [6.07, 6.45) is 3.51. The topological polar surface area (TPSA) is 67.9 Å². The second-order valence-electron chi connectivity index (χ2n) is 7.87. The molecule has 1 amide bonds. The van der Waals surface area contributed by atoms with Gasteiger partial charge in [0.05, 0.1) is 14.2 Å². The maximum Gasteiger partial charge on any atom is 0.216 e. The van der Waals surface area contributed by atoms with E-state index in [1.54, 1.807) is 21.1 Å².